The van der Waals surface area contributed by atoms with E-state index in [-0.39, 0.29) is 11.9 Å². The van der Waals surface area contributed by atoms with Crippen molar-refractivity contribution in [1.82, 2.24) is 4.90 Å². The van der Waals surface area contributed by atoms with E-state index in [4.69, 9.17) is 9.47 Å². The highest BCUT2D eigenvalue weighted by Crippen LogP contribution is 2.29. The molecule has 0 aliphatic rings. The normalized spacial score (nSPS) is 12.0. The third kappa shape index (κ3) is 4.46. The average molecular weight is 334 g/mol. The van der Waals surface area contributed by atoms with Crippen molar-refractivity contribution in [3.05, 3.63) is 40.6 Å². The van der Waals surface area contributed by atoms with Gasteiger partial charge in [-0.05, 0) is 48.5 Å². The number of nitrogens with zero attached hydrogens (tertiary/aromatic N) is 1. The Bertz CT molecular complexity index is 643. The first-order chi connectivity index (χ1) is 11.0. The van der Waals surface area contributed by atoms with Gasteiger partial charge in [-0.3, -0.25) is 9.69 Å². The number of likely N-dealkylation sites (N-methyl/N-ethyl adjacent to an activating group) is 1. The lowest BCUT2D eigenvalue weighted by Crippen LogP contribution is -2.39. The van der Waals surface area contributed by atoms with E-state index in [1.54, 1.807) is 43.8 Å². The van der Waals surface area contributed by atoms with E-state index >= 15 is 0 Å². The number of hydrogen-bond acceptors (Lipinski definition) is 5. The second-order valence-corrected chi connectivity index (χ2v) is 6.06. The quantitative estimate of drug-likeness (QED) is 0.845. The molecule has 0 unspecified atom stereocenters. The van der Waals surface area contributed by atoms with Crippen LogP contribution in [0, 0.1) is 0 Å². The van der Waals surface area contributed by atoms with E-state index in [1.165, 1.54) is 5.56 Å². The van der Waals surface area contributed by atoms with Gasteiger partial charge in [-0.2, -0.15) is 11.3 Å². The van der Waals surface area contributed by atoms with Crippen LogP contribution in [0.25, 0.3) is 0 Å². The molecule has 0 saturated heterocycles. The third-order valence-electron chi connectivity index (χ3n) is 3.72. The molecule has 1 aromatic carbocycles. The Kier molecular flexibility index (Phi) is 6.01. The molecule has 5 nitrogen and oxygen atoms in total. The molecule has 0 aliphatic carbocycles. The number of thiophene rings is 1. The summed E-state index contributed by atoms with van der Waals surface area (Å²) >= 11 is 1.66. The number of rotatable bonds is 7. The number of hydrogen-bond donors (Lipinski definition) is 1. The number of benzene rings is 1. The van der Waals surface area contributed by atoms with Gasteiger partial charge >= 0.3 is 0 Å². The summed E-state index contributed by atoms with van der Waals surface area (Å²) in [5.74, 6) is 1.18. The van der Waals surface area contributed by atoms with Crippen molar-refractivity contribution in [2.75, 3.05) is 26.6 Å². The monoisotopic (exact) mass is 334 g/mol. The Balaban J connectivity index is 2.05. The Morgan fingerprint density at radius 3 is 2.70 bits per heavy atom. The Morgan fingerprint density at radius 1 is 1.30 bits per heavy atom. The largest absolute Gasteiger partial charge is 0.497 e. The van der Waals surface area contributed by atoms with E-state index in [0.717, 1.165) is 6.54 Å². The summed E-state index contributed by atoms with van der Waals surface area (Å²) in [4.78, 5) is 14.5. The number of methoxy groups -OCH3 is 2. The zero-order chi connectivity index (χ0) is 16.8. The van der Waals surface area contributed by atoms with Crippen molar-refractivity contribution >= 4 is 22.9 Å². The zero-order valence-corrected chi connectivity index (χ0v) is 14.6. The van der Waals surface area contributed by atoms with Gasteiger partial charge in [0.1, 0.15) is 11.5 Å². The third-order valence-corrected chi connectivity index (χ3v) is 4.45. The highest BCUT2D eigenvalue weighted by atomic mass is 32.1. The number of anilines is 1. The molecule has 0 bridgehead atoms. The Labute approximate surface area is 140 Å². The molecule has 6 heteroatoms. The van der Waals surface area contributed by atoms with Crippen LogP contribution in [0.2, 0.25) is 0 Å². The predicted octanol–water partition coefficient (Wildman–Crippen LogP) is 3.22. The van der Waals surface area contributed by atoms with Gasteiger partial charge in [-0.15, -0.1) is 0 Å². The van der Waals surface area contributed by atoms with Crippen LogP contribution in [0.1, 0.15) is 12.5 Å². The molecule has 0 saturated carbocycles. The van der Waals surface area contributed by atoms with Crippen LogP contribution >= 0.6 is 11.3 Å². The number of nitrogens with one attached hydrogen (secondary N) is 1. The lowest BCUT2D eigenvalue weighted by atomic mass is 10.2. The molecule has 23 heavy (non-hydrogen) atoms. The number of carbonyl (C=O) groups excluding carboxylic acids is 1. The van der Waals surface area contributed by atoms with Gasteiger partial charge in [0.25, 0.3) is 0 Å². The van der Waals surface area contributed by atoms with Crippen LogP contribution in [0.4, 0.5) is 5.69 Å². The molecule has 0 spiro atoms. The molecule has 2 rings (SSSR count). The highest BCUT2D eigenvalue weighted by molar-refractivity contribution is 7.07. The standard InChI is InChI=1S/C17H22N2O3S/c1-12(19(2)10-13-7-8-23-11-13)17(20)18-15-9-14(21-3)5-6-16(15)22-4/h5-9,11-12H,10H2,1-4H3,(H,18,20)/t12-/m0/s1. The first-order valence-electron chi connectivity index (χ1n) is 7.29. The van der Waals surface area contributed by atoms with Crippen LogP contribution in [0.5, 0.6) is 11.5 Å². The molecule has 2 aromatic rings. The summed E-state index contributed by atoms with van der Waals surface area (Å²) in [6, 6.07) is 7.11. The molecular formula is C17H22N2O3S. The minimum atomic E-state index is -0.272. The number of carbonyl (C=O) groups is 1. The van der Waals surface area contributed by atoms with Gasteiger partial charge in [0.15, 0.2) is 0 Å². The Hall–Kier alpha value is -2.05. The van der Waals surface area contributed by atoms with Crippen molar-refractivity contribution in [2.45, 2.75) is 19.5 Å². The van der Waals surface area contributed by atoms with E-state index in [2.05, 4.69) is 16.8 Å². The van der Waals surface area contributed by atoms with Crippen molar-refractivity contribution in [2.24, 2.45) is 0 Å². The van der Waals surface area contributed by atoms with Crippen molar-refractivity contribution in [3.8, 4) is 11.5 Å². The van der Waals surface area contributed by atoms with Crippen LogP contribution in [-0.2, 0) is 11.3 Å². The molecule has 0 radical (unpaired) electrons. The van der Waals surface area contributed by atoms with Crippen LogP contribution < -0.4 is 14.8 Å². The summed E-state index contributed by atoms with van der Waals surface area (Å²) in [5, 5.41) is 7.04. The summed E-state index contributed by atoms with van der Waals surface area (Å²) in [5.41, 5.74) is 1.81. The first-order valence-corrected chi connectivity index (χ1v) is 8.23. The maximum atomic E-state index is 12.5. The SMILES string of the molecule is COc1ccc(OC)c(NC(=O)[C@H](C)N(C)Cc2ccsc2)c1. The van der Waals surface area contributed by atoms with E-state index in [9.17, 15) is 4.79 Å². The molecule has 1 heterocycles. The van der Waals surface area contributed by atoms with E-state index < -0.39 is 0 Å². The maximum absolute atomic E-state index is 12.5. The molecule has 1 amide bonds. The minimum absolute atomic E-state index is 0.0886. The van der Waals surface area contributed by atoms with Crippen molar-refractivity contribution in [3.63, 3.8) is 0 Å². The van der Waals surface area contributed by atoms with E-state index in [1.807, 2.05) is 24.3 Å². The average Bonchev–Trinajstić information content (AvgIpc) is 3.06. The number of amides is 1. The molecule has 0 aliphatic heterocycles. The smallest absolute Gasteiger partial charge is 0.241 e. The van der Waals surface area contributed by atoms with Crippen molar-refractivity contribution < 1.29 is 14.3 Å². The fraction of sp³-hybridized carbons (Fsp3) is 0.353. The zero-order valence-electron chi connectivity index (χ0n) is 13.8. The van der Waals surface area contributed by atoms with Crippen LogP contribution in [0.3, 0.4) is 0 Å². The summed E-state index contributed by atoms with van der Waals surface area (Å²) in [7, 11) is 5.10. The van der Waals surface area contributed by atoms with Crippen LogP contribution in [-0.4, -0.2) is 38.1 Å². The molecule has 0 fully saturated rings. The molecule has 1 N–H and O–H groups in total. The van der Waals surface area contributed by atoms with Crippen LogP contribution in [0.15, 0.2) is 35.0 Å². The Morgan fingerprint density at radius 2 is 2.09 bits per heavy atom. The first kappa shape index (κ1) is 17.3. The molecule has 124 valence electrons. The summed E-state index contributed by atoms with van der Waals surface area (Å²) < 4.78 is 10.5. The lowest BCUT2D eigenvalue weighted by Gasteiger charge is -2.24. The molecular weight excluding hydrogens is 312 g/mol. The molecule has 1 atom stereocenters. The van der Waals surface area contributed by atoms with E-state index in [0.29, 0.717) is 17.2 Å². The summed E-state index contributed by atoms with van der Waals surface area (Å²) in [6.45, 7) is 2.61. The van der Waals surface area contributed by atoms with Gasteiger partial charge in [0.2, 0.25) is 5.91 Å². The predicted molar refractivity (Wildman–Crippen MR) is 93.4 cm³/mol. The van der Waals surface area contributed by atoms with Gasteiger partial charge in [-0.25, -0.2) is 0 Å². The second kappa shape index (κ2) is 7.99. The minimum Gasteiger partial charge on any atom is -0.497 e. The summed E-state index contributed by atoms with van der Waals surface area (Å²) in [6.07, 6.45) is 0. The fourth-order valence-electron chi connectivity index (χ4n) is 2.16. The lowest BCUT2D eigenvalue weighted by molar-refractivity contribution is -0.120. The van der Waals surface area contributed by atoms with Crippen molar-refractivity contribution in [1.29, 1.82) is 0 Å². The van der Waals surface area contributed by atoms with Gasteiger partial charge in [-0.1, -0.05) is 0 Å². The topological polar surface area (TPSA) is 50.8 Å². The van der Waals surface area contributed by atoms with Gasteiger partial charge < -0.3 is 14.8 Å². The highest BCUT2D eigenvalue weighted by Gasteiger charge is 2.20. The van der Waals surface area contributed by atoms with Gasteiger partial charge in [0, 0.05) is 12.6 Å². The van der Waals surface area contributed by atoms with Gasteiger partial charge in [0.05, 0.1) is 25.9 Å². The number of ether oxygens (including phenoxy) is 2. The second-order valence-electron chi connectivity index (χ2n) is 5.28. The molecule has 1 aromatic heterocycles. The fourth-order valence-corrected chi connectivity index (χ4v) is 2.82. The maximum Gasteiger partial charge on any atom is 0.241 e.